The van der Waals surface area contributed by atoms with Gasteiger partial charge in [-0.25, -0.2) is 0 Å². The first-order valence-corrected chi connectivity index (χ1v) is 5.99. The maximum Gasteiger partial charge on any atom is 0.117 e. The maximum atomic E-state index is 9.53. The summed E-state index contributed by atoms with van der Waals surface area (Å²) >= 11 is 0. The van der Waals surface area contributed by atoms with Crippen LogP contribution in [0.5, 0.6) is 0 Å². The van der Waals surface area contributed by atoms with Crippen LogP contribution in [-0.2, 0) is 12.8 Å². The Balaban J connectivity index is 2.33. The van der Waals surface area contributed by atoms with Crippen LogP contribution in [0, 0.1) is 11.3 Å². The Labute approximate surface area is 97.5 Å². The van der Waals surface area contributed by atoms with E-state index in [0.717, 1.165) is 25.9 Å². The second kappa shape index (κ2) is 4.27. The standard InChI is InChI=1S/C14H18N2/c1-3-16(4-2)14(11-15)9-12-7-5-6-8-13(12)10-14/h5-8H,3-4,9-10H2,1-2H3. The zero-order valence-electron chi connectivity index (χ0n) is 10.0. The Bertz CT molecular complexity index is 388. The fourth-order valence-electron chi connectivity index (χ4n) is 2.80. The molecular formula is C14H18N2. The van der Waals surface area contributed by atoms with Crippen LogP contribution >= 0.6 is 0 Å². The van der Waals surface area contributed by atoms with Gasteiger partial charge in [-0.2, -0.15) is 5.26 Å². The molecule has 2 rings (SSSR count). The van der Waals surface area contributed by atoms with Crippen LogP contribution < -0.4 is 0 Å². The molecule has 0 unspecified atom stereocenters. The largest absolute Gasteiger partial charge is 0.286 e. The predicted octanol–water partition coefficient (Wildman–Crippen LogP) is 2.39. The molecule has 0 fully saturated rings. The second-order valence-corrected chi connectivity index (χ2v) is 4.44. The Morgan fingerprint density at radius 3 is 2.06 bits per heavy atom. The summed E-state index contributed by atoms with van der Waals surface area (Å²) in [5, 5.41) is 9.53. The summed E-state index contributed by atoms with van der Waals surface area (Å²) in [5.74, 6) is 0. The second-order valence-electron chi connectivity index (χ2n) is 4.44. The number of hydrogen-bond acceptors (Lipinski definition) is 2. The van der Waals surface area contributed by atoms with Crippen molar-refractivity contribution in [3.8, 4) is 6.07 Å². The lowest BCUT2D eigenvalue weighted by molar-refractivity contribution is 0.161. The van der Waals surface area contributed by atoms with Gasteiger partial charge in [0.1, 0.15) is 5.54 Å². The van der Waals surface area contributed by atoms with Crippen molar-refractivity contribution in [2.75, 3.05) is 13.1 Å². The molecule has 16 heavy (non-hydrogen) atoms. The van der Waals surface area contributed by atoms with Crippen molar-refractivity contribution in [2.24, 2.45) is 0 Å². The molecule has 1 aromatic carbocycles. The van der Waals surface area contributed by atoms with Gasteiger partial charge in [0.15, 0.2) is 0 Å². The normalized spacial score (nSPS) is 17.1. The van der Waals surface area contributed by atoms with Crippen molar-refractivity contribution in [3.05, 3.63) is 35.4 Å². The minimum absolute atomic E-state index is 0.298. The predicted molar refractivity (Wildman–Crippen MR) is 65.1 cm³/mol. The minimum Gasteiger partial charge on any atom is -0.286 e. The van der Waals surface area contributed by atoms with E-state index in [1.807, 2.05) is 0 Å². The highest BCUT2D eigenvalue weighted by Gasteiger charge is 2.41. The van der Waals surface area contributed by atoms with Crippen molar-refractivity contribution in [2.45, 2.75) is 32.2 Å². The van der Waals surface area contributed by atoms with Gasteiger partial charge >= 0.3 is 0 Å². The number of hydrogen-bond donors (Lipinski definition) is 0. The van der Waals surface area contributed by atoms with Gasteiger partial charge in [-0.1, -0.05) is 38.1 Å². The summed E-state index contributed by atoms with van der Waals surface area (Å²) in [7, 11) is 0. The average molecular weight is 214 g/mol. The maximum absolute atomic E-state index is 9.53. The van der Waals surface area contributed by atoms with Crippen LogP contribution in [0.25, 0.3) is 0 Å². The van der Waals surface area contributed by atoms with E-state index >= 15 is 0 Å². The smallest absolute Gasteiger partial charge is 0.117 e. The van der Waals surface area contributed by atoms with Gasteiger partial charge in [-0.3, -0.25) is 4.90 Å². The number of rotatable bonds is 3. The Morgan fingerprint density at radius 1 is 1.19 bits per heavy atom. The fourth-order valence-corrected chi connectivity index (χ4v) is 2.80. The fraction of sp³-hybridized carbons (Fsp3) is 0.500. The third-order valence-electron chi connectivity index (χ3n) is 3.66. The lowest BCUT2D eigenvalue weighted by atomic mass is 9.95. The van der Waals surface area contributed by atoms with Gasteiger partial charge in [-0.05, 0) is 24.2 Å². The van der Waals surface area contributed by atoms with Crippen LogP contribution in [0.2, 0.25) is 0 Å². The molecule has 2 nitrogen and oxygen atoms in total. The monoisotopic (exact) mass is 214 g/mol. The molecular weight excluding hydrogens is 196 g/mol. The SMILES string of the molecule is CCN(CC)C1(C#N)Cc2ccccc2C1. The molecule has 0 N–H and O–H groups in total. The molecule has 2 heteroatoms. The number of nitrogens with zero attached hydrogens (tertiary/aromatic N) is 2. The van der Waals surface area contributed by atoms with E-state index in [-0.39, 0.29) is 5.54 Å². The third kappa shape index (κ3) is 1.62. The van der Waals surface area contributed by atoms with Gasteiger partial charge in [-0.15, -0.1) is 0 Å². The van der Waals surface area contributed by atoms with Crippen molar-refractivity contribution in [1.82, 2.24) is 4.90 Å². The average Bonchev–Trinajstić information content (AvgIpc) is 2.70. The molecule has 1 aromatic rings. The van der Waals surface area contributed by atoms with Gasteiger partial charge in [0.05, 0.1) is 6.07 Å². The third-order valence-corrected chi connectivity index (χ3v) is 3.66. The minimum atomic E-state index is -0.298. The number of benzene rings is 1. The molecule has 0 bridgehead atoms. The van der Waals surface area contributed by atoms with E-state index in [1.54, 1.807) is 0 Å². The molecule has 84 valence electrons. The zero-order chi connectivity index (χ0) is 11.6. The molecule has 0 radical (unpaired) electrons. The van der Waals surface area contributed by atoms with E-state index in [1.165, 1.54) is 11.1 Å². The first-order valence-electron chi connectivity index (χ1n) is 5.99. The van der Waals surface area contributed by atoms with Crippen LogP contribution in [0.3, 0.4) is 0 Å². The highest BCUT2D eigenvalue weighted by Crippen LogP contribution is 2.33. The summed E-state index contributed by atoms with van der Waals surface area (Å²) < 4.78 is 0. The summed E-state index contributed by atoms with van der Waals surface area (Å²) in [6, 6.07) is 11.0. The summed E-state index contributed by atoms with van der Waals surface area (Å²) in [4.78, 5) is 2.28. The van der Waals surface area contributed by atoms with Gasteiger partial charge in [0, 0.05) is 12.8 Å². The van der Waals surface area contributed by atoms with E-state index in [9.17, 15) is 5.26 Å². The molecule has 0 heterocycles. The van der Waals surface area contributed by atoms with Crippen LogP contribution in [0.4, 0.5) is 0 Å². The molecule has 0 amide bonds. The van der Waals surface area contributed by atoms with Crippen molar-refractivity contribution < 1.29 is 0 Å². The summed E-state index contributed by atoms with van der Waals surface area (Å²) in [5.41, 5.74) is 2.39. The number of nitriles is 1. The molecule has 1 aliphatic rings. The van der Waals surface area contributed by atoms with Gasteiger partial charge in [0.2, 0.25) is 0 Å². The van der Waals surface area contributed by atoms with E-state index in [4.69, 9.17) is 0 Å². The highest BCUT2D eigenvalue weighted by molar-refractivity contribution is 5.39. The molecule has 0 spiro atoms. The molecule has 0 aliphatic heterocycles. The molecule has 0 saturated carbocycles. The first-order chi connectivity index (χ1) is 7.75. The van der Waals surface area contributed by atoms with Crippen LogP contribution in [0.1, 0.15) is 25.0 Å². The topological polar surface area (TPSA) is 27.0 Å². The Hall–Kier alpha value is -1.33. The summed E-state index contributed by atoms with van der Waals surface area (Å²) in [6.45, 7) is 6.15. The van der Waals surface area contributed by atoms with E-state index in [2.05, 4.69) is 49.1 Å². The Morgan fingerprint density at radius 2 is 1.69 bits per heavy atom. The van der Waals surface area contributed by atoms with Crippen molar-refractivity contribution in [3.63, 3.8) is 0 Å². The number of likely N-dealkylation sites (N-methyl/N-ethyl adjacent to an activating group) is 1. The van der Waals surface area contributed by atoms with E-state index < -0.39 is 0 Å². The van der Waals surface area contributed by atoms with Gasteiger partial charge < -0.3 is 0 Å². The van der Waals surface area contributed by atoms with Gasteiger partial charge in [0.25, 0.3) is 0 Å². The summed E-state index contributed by atoms with van der Waals surface area (Å²) in [6.07, 6.45) is 1.75. The lowest BCUT2D eigenvalue weighted by Crippen LogP contribution is -2.48. The zero-order valence-corrected chi connectivity index (χ0v) is 10.0. The number of fused-ring (bicyclic) bond motifs is 1. The van der Waals surface area contributed by atoms with Crippen molar-refractivity contribution in [1.29, 1.82) is 5.26 Å². The van der Waals surface area contributed by atoms with E-state index in [0.29, 0.717) is 0 Å². The molecule has 0 saturated heterocycles. The van der Waals surface area contributed by atoms with Crippen LogP contribution in [-0.4, -0.2) is 23.5 Å². The highest BCUT2D eigenvalue weighted by atomic mass is 15.2. The van der Waals surface area contributed by atoms with Crippen LogP contribution in [0.15, 0.2) is 24.3 Å². The molecule has 1 aliphatic carbocycles. The quantitative estimate of drug-likeness (QED) is 0.772. The molecule has 0 aromatic heterocycles. The Kier molecular flexibility index (Phi) is 2.98. The first kappa shape index (κ1) is 11.2. The van der Waals surface area contributed by atoms with Crippen molar-refractivity contribution >= 4 is 0 Å². The molecule has 0 atom stereocenters. The lowest BCUT2D eigenvalue weighted by Gasteiger charge is -2.34.